The van der Waals surface area contributed by atoms with Crippen molar-refractivity contribution in [3.8, 4) is 0 Å². The molecule has 13 rings (SSSR count). The molecule has 66 heavy (non-hydrogen) atoms. The summed E-state index contributed by atoms with van der Waals surface area (Å²) in [5.74, 6) is 0. The van der Waals surface area contributed by atoms with Gasteiger partial charge < -0.3 is 18.6 Å². The fraction of sp³-hybridized carbons (Fsp3) is 0.129. The Bertz CT molecular complexity index is 3850. The van der Waals surface area contributed by atoms with Crippen molar-refractivity contribution in [2.75, 3.05) is 9.80 Å². The minimum absolute atomic E-state index is 1.18. The van der Waals surface area contributed by atoms with E-state index in [9.17, 15) is 0 Å². The highest BCUT2D eigenvalue weighted by atomic mass is 15.2. The van der Waals surface area contributed by atoms with Crippen LogP contribution in [-0.2, 0) is 0 Å². The molecule has 4 aromatic heterocycles. The van der Waals surface area contributed by atoms with Crippen molar-refractivity contribution in [2.45, 2.75) is 55.4 Å². The normalized spacial score (nSPS) is 12.2. The molecule has 0 aliphatic rings. The maximum absolute atomic E-state index is 2.60. The van der Waals surface area contributed by atoms with E-state index >= 15 is 0 Å². The standard InChI is InChI=1S/C62H50N4/c1-35-29-36(2)32-43(31-35)63(49-23-11-9-17-39(49)5)51-25-15-27-53-57(51)47-21-13-19-45-55-42(8)60-56(41(7)59(55)65(53)61(45)47)46-20-14-22-48-58-52(26-16-28-54(58)66(60)62(46)48)64(50-24-12-10-18-40(50)6)44-33-37(3)30-38(4)34-44/h9-34H,1-8H3. The molecular formula is C62H50N4. The van der Waals surface area contributed by atoms with Gasteiger partial charge in [0.2, 0.25) is 0 Å². The van der Waals surface area contributed by atoms with Crippen molar-refractivity contribution in [3.05, 3.63) is 202 Å². The third-order valence-electron chi connectivity index (χ3n) is 14.6. The van der Waals surface area contributed by atoms with Crippen LogP contribution in [0, 0.1) is 55.4 Å². The Morgan fingerprint density at radius 1 is 0.303 bits per heavy atom. The molecule has 4 heteroatoms. The summed E-state index contributed by atoms with van der Waals surface area (Å²) < 4.78 is 5.21. The number of nitrogens with zero attached hydrogens (tertiary/aromatic N) is 4. The summed E-state index contributed by atoms with van der Waals surface area (Å²) in [6.07, 6.45) is 0. The van der Waals surface area contributed by atoms with Gasteiger partial charge in [-0.1, -0.05) is 97.1 Å². The van der Waals surface area contributed by atoms with Crippen molar-refractivity contribution in [3.63, 3.8) is 0 Å². The quantitative estimate of drug-likeness (QED) is 0.166. The number of hydrogen-bond donors (Lipinski definition) is 0. The molecule has 0 saturated heterocycles. The average molecular weight is 851 g/mol. The van der Waals surface area contributed by atoms with Gasteiger partial charge in [-0.25, -0.2) is 0 Å². The Hall–Kier alpha value is -7.82. The maximum atomic E-state index is 2.60. The van der Waals surface area contributed by atoms with Gasteiger partial charge in [-0.2, -0.15) is 0 Å². The van der Waals surface area contributed by atoms with Crippen LogP contribution in [0.1, 0.15) is 44.5 Å². The fourth-order valence-corrected chi connectivity index (χ4v) is 12.2. The van der Waals surface area contributed by atoms with Gasteiger partial charge in [-0.15, -0.1) is 0 Å². The van der Waals surface area contributed by atoms with Crippen LogP contribution in [0.3, 0.4) is 0 Å². The molecule has 0 aliphatic heterocycles. The van der Waals surface area contributed by atoms with Crippen LogP contribution in [0.5, 0.6) is 0 Å². The monoisotopic (exact) mass is 850 g/mol. The first-order valence-electron chi connectivity index (χ1n) is 23.3. The highest BCUT2D eigenvalue weighted by Gasteiger charge is 2.30. The zero-order valence-corrected chi connectivity index (χ0v) is 38.8. The number of aryl methyl sites for hydroxylation is 8. The largest absolute Gasteiger partial charge is 0.310 e. The second-order valence-electron chi connectivity index (χ2n) is 19.0. The lowest BCUT2D eigenvalue weighted by molar-refractivity contribution is 1.24. The lowest BCUT2D eigenvalue weighted by Gasteiger charge is -2.28. The van der Waals surface area contributed by atoms with Crippen molar-refractivity contribution in [2.24, 2.45) is 0 Å². The summed E-state index contributed by atoms with van der Waals surface area (Å²) in [7, 11) is 0. The summed E-state index contributed by atoms with van der Waals surface area (Å²) >= 11 is 0. The highest BCUT2D eigenvalue weighted by molar-refractivity contribution is 6.33. The zero-order valence-electron chi connectivity index (χ0n) is 38.8. The first kappa shape index (κ1) is 38.6. The molecule has 0 atom stereocenters. The van der Waals surface area contributed by atoms with Crippen LogP contribution in [0.25, 0.3) is 76.2 Å². The first-order chi connectivity index (χ1) is 32.1. The Morgan fingerprint density at radius 3 is 1.02 bits per heavy atom. The van der Waals surface area contributed by atoms with E-state index in [1.165, 1.54) is 155 Å². The van der Waals surface area contributed by atoms with Crippen LogP contribution in [0.15, 0.2) is 158 Å². The van der Waals surface area contributed by atoms with Gasteiger partial charge >= 0.3 is 0 Å². The van der Waals surface area contributed by atoms with E-state index in [-0.39, 0.29) is 0 Å². The fourth-order valence-electron chi connectivity index (χ4n) is 12.2. The van der Waals surface area contributed by atoms with Crippen molar-refractivity contribution in [1.29, 1.82) is 0 Å². The summed E-state index contributed by atoms with van der Waals surface area (Å²) in [6.45, 7) is 18.0. The topological polar surface area (TPSA) is 15.3 Å². The van der Waals surface area contributed by atoms with Gasteiger partial charge in [0.1, 0.15) is 0 Å². The van der Waals surface area contributed by atoms with E-state index in [0.29, 0.717) is 0 Å². The van der Waals surface area contributed by atoms with Crippen LogP contribution in [0.4, 0.5) is 34.1 Å². The van der Waals surface area contributed by atoms with Crippen molar-refractivity contribution < 1.29 is 0 Å². The summed E-state index contributed by atoms with van der Waals surface area (Å²) in [6, 6.07) is 59.2. The van der Waals surface area contributed by atoms with Crippen LogP contribution in [0.2, 0.25) is 0 Å². The molecule has 0 spiro atoms. The molecule has 0 aliphatic carbocycles. The number of anilines is 6. The summed E-state index contributed by atoms with van der Waals surface area (Å²) in [5, 5.41) is 10.4. The van der Waals surface area contributed by atoms with E-state index in [1.54, 1.807) is 0 Å². The van der Waals surface area contributed by atoms with Crippen molar-refractivity contribution in [1.82, 2.24) is 8.80 Å². The summed E-state index contributed by atoms with van der Waals surface area (Å²) in [4.78, 5) is 4.98. The van der Waals surface area contributed by atoms with Gasteiger partial charge in [-0.05, 0) is 161 Å². The van der Waals surface area contributed by atoms with Gasteiger partial charge in [0.05, 0.1) is 44.5 Å². The van der Waals surface area contributed by atoms with Gasteiger partial charge in [0.25, 0.3) is 0 Å². The Morgan fingerprint density at radius 2 is 0.636 bits per heavy atom. The molecule has 318 valence electrons. The smallest absolute Gasteiger partial charge is 0.0621 e. The van der Waals surface area contributed by atoms with Gasteiger partial charge in [-0.3, -0.25) is 0 Å². The highest BCUT2D eigenvalue weighted by Crippen LogP contribution is 2.52. The minimum Gasteiger partial charge on any atom is -0.310 e. The molecule has 0 N–H and O–H groups in total. The lowest BCUT2D eigenvalue weighted by atomic mass is 9.96. The number of aromatic nitrogens is 2. The average Bonchev–Trinajstić information content (AvgIpc) is 4.04. The molecule has 0 saturated carbocycles. The lowest BCUT2D eigenvalue weighted by Crippen LogP contribution is -2.12. The zero-order chi connectivity index (χ0) is 44.9. The van der Waals surface area contributed by atoms with Crippen LogP contribution < -0.4 is 9.80 Å². The second-order valence-corrected chi connectivity index (χ2v) is 19.0. The molecule has 0 bridgehead atoms. The van der Waals surface area contributed by atoms with E-state index in [4.69, 9.17) is 0 Å². The molecular weight excluding hydrogens is 801 g/mol. The van der Waals surface area contributed by atoms with Crippen molar-refractivity contribution >= 4 is 110 Å². The molecule has 0 radical (unpaired) electrons. The SMILES string of the molecule is Cc1cc(C)cc(N(c2ccccc2C)c2cccc3c2c2cccc4c5c(C)c6c(c(C)c5n3c24)c2cccc3c4c(N(c5cc(C)cc(C)c5)c5ccccc5C)cccc4n6c32)c1. The number of benzene rings is 9. The van der Waals surface area contributed by atoms with E-state index in [1.807, 2.05) is 0 Å². The van der Waals surface area contributed by atoms with Gasteiger partial charge in [0, 0.05) is 65.8 Å². The molecule has 0 amide bonds. The van der Waals surface area contributed by atoms with Gasteiger partial charge in [0.15, 0.2) is 0 Å². The van der Waals surface area contributed by atoms with E-state index in [0.717, 1.165) is 0 Å². The first-order valence-corrected chi connectivity index (χ1v) is 23.3. The minimum atomic E-state index is 1.18. The predicted octanol–water partition coefficient (Wildman–Crippen LogP) is 17.4. The van der Waals surface area contributed by atoms with E-state index < -0.39 is 0 Å². The molecule has 0 unspecified atom stereocenters. The van der Waals surface area contributed by atoms with Crippen LogP contribution >= 0.6 is 0 Å². The summed E-state index contributed by atoms with van der Waals surface area (Å²) in [5.41, 5.74) is 24.9. The number of para-hydroxylation sites is 4. The molecule has 13 aromatic rings. The van der Waals surface area contributed by atoms with E-state index in [2.05, 4.69) is 232 Å². The Labute approximate surface area is 384 Å². The number of hydrogen-bond acceptors (Lipinski definition) is 2. The molecule has 4 heterocycles. The second kappa shape index (κ2) is 13.8. The molecule has 9 aromatic carbocycles. The number of rotatable bonds is 6. The Balaban J connectivity index is 1.13. The predicted molar refractivity (Wildman–Crippen MR) is 283 cm³/mol. The third kappa shape index (κ3) is 5.15. The third-order valence-corrected chi connectivity index (χ3v) is 14.6. The van der Waals surface area contributed by atoms with Crippen LogP contribution in [-0.4, -0.2) is 8.80 Å². The number of fused-ring (bicyclic) bond motifs is 12. The molecule has 4 nitrogen and oxygen atoms in total. The maximum Gasteiger partial charge on any atom is 0.0621 e. The Kier molecular flexibility index (Phi) is 8.10. The molecule has 0 fully saturated rings.